The van der Waals surface area contributed by atoms with Crippen LogP contribution in [0, 0.1) is 0 Å². The first-order valence-corrected chi connectivity index (χ1v) is 7.73. The highest BCUT2D eigenvalue weighted by atomic mass is 16.6. The van der Waals surface area contributed by atoms with Crippen molar-refractivity contribution >= 4 is 11.9 Å². The first-order valence-electron chi connectivity index (χ1n) is 7.73. The molecule has 0 unspecified atom stereocenters. The van der Waals surface area contributed by atoms with Crippen LogP contribution in [0.15, 0.2) is 36.3 Å². The van der Waals surface area contributed by atoms with Gasteiger partial charge in [0.2, 0.25) is 5.76 Å². The van der Waals surface area contributed by atoms with Crippen molar-refractivity contribution in [3.63, 3.8) is 0 Å². The number of carbonyl (C=O) groups is 2. The molecule has 2 aliphatic rings. The van der Waals surface area contributed by atoms with E-state index in [9.17, 15) is 9.59 Å². The lowest BCUT2D eigenvalue weighted by molar-refractivity contribution is -0.149. The molecule has 1 N–H and O–H groups in total. The zero-order valence-electron chi connectivity index (χ0n) is 12.7. The van der Waals surface area contributed by atoms with Gasteiger partial charge in [-0.1, -0.05) is 24.3 Å². The van der Waals surface area contributed by atoms with Crippen LogP contribution in [0.5, 0.6) is 0 Å². The molecule has 3 rings (SSSR count). The average molecular weight is 317 g/mol. The predicted molar refractivity (Wildman–Crippen MR) is 81.2 cm³/mol. The van der Waals surface area contributed by atoms with E-state index in [2.05, 4.69) is 11.4 Å². The molecular weight excluding hydrogens is 298 g/mol. The van der Waals surface area contributed by atoms with E-state index in [1.165, 1.54) is 11.8 Å². The third-order valence-electron chi connectivity index (χ3n) is 3.89. The summed E-state index contributed by atoms with van der Waals surface area (Å²) in [6.45, 7) is 0.364. The third-order valence-corrected chi connectivity index (χ3v) is 3.89. The quantitative estimate of drug-likeness (QED) is 0.854. The molecule has 0 saturated heterocycles. The molecular formula is C17H19NO5. The highest BCUT2D eigenvalue weighted by Gasteiger charge is 2.23. The van der Waals surface area contributed by atoms with Crippen molar-refractivity contribution in [2.24, 2.45) is 0 Å². The second-order valence-electron chi connectivity index (χ2n) is 5.49. The van der Waals surface area contributed by atoms with Gasteiger partial charge in [-0.05, 0) is 30.4 Å². The highest BCUT2D eigenvalue weighted by molar-refractivity contribution is 5.88. The van der Waals surface area contributed by atoms with Gasteiger partial charge in [-0.25, -0.2) is 4.79 Å². The van der Waals surface area contributed by atoms with Gasteiger partial charge in [-0.2, -0.15) is 0 Å². The Labute approximate surface area is 134 Å². The van der Waals surface area contributed by atoms with Gasteiger partial charge in [0.15, 0.2) is 6.61 Å². The van der Waals surface area contributed by atoms with Crippen molar-refractivity contribution in [3.05, 3.63) is 47.4 Å². The molecule has 122 valence electrons. The Morgan fingerprint density at radius 3 is 2.96 bits per heavy atom. The zero-order chi connectivity index (χ0) is 16.1. The number of esters is 1. The predicted octanol–water partition coefficient (Wildman–Crippen LogP) is 1.61. The maximum atomic E-state index is 12.0. The van der Waals surface area contributed by atoms with Gasteiger partial charge in [-0.15, -0.1) is 0 Å². The summed E-state index contributed by atoms with van der Waals surface area (Å²) in [6, 6.07) is 8.06. The number of hydrogen-bond donors (Lipinski definition) is 1. The number of aryl methyl sites for hydroxylation is 1. The Balaban J connectivity index is 1.52. The fourth-order valence-corrected chi connectivity index (χ4v) is 2.82. The summed E-state index contributed by atoms with van der Waals surface area (Å²) in [5, 5.41) is 2.93. The van der Waals surface area contributed by atoms with E-state index in [1.54, 1.807) is 0 Å². The standard InChI is InChI=1S/C17H19NO5/c19-16(11-23-17(20)15-10-21-8-9-22-15)18-14-7-3-5-12-4-1-2-6-13(12)14/h1-2,4,6,10,14H,3,5,7-9,11H2,(H,18,19)/t14-/m0/s1. The molecule has 6 nitrogen and oxygen atoms in total. The molecule has 1 atom stereocenters. The molecule has 0 fully saturated rings. The molecule has 1 aliphatic carbocycles. The Morgan fingerprint density at radius 2 is 2.13 bits per heavy atom. The SMILES string of the molecule is O=C(COC(=O)C1=COCCO1)N[C@H]1CCCc2ccccc21. The summed E-state index contributed by atoms with van der Waals surface area (Å²) in [5.74, 6) is -1.02. The molecule has 1 amide bonds. The zero-order valence-corrected chi connectivity index (χ0v) is 12.7. The van der Waals surface area contributed by atoms with Crippen LogP contribution in [0.3, 0.4) is 0 Å². The molecule has 0 radical (unpaired) electrons. The lowest BCUT2D eigenvalue weighted by Crippen LogP contribution is -2.34. The smallest absolute Gasteiger partial charge is 0.377 e. The minimum atomic E-state index is -0.691. The summed E-state index contributed by atoms with van der Waals surface area (Å²) in [6.07, 6.45) is 4.16. The van der Waals surface area contributed by atoms with Gasteiger partial charge in [0, 0.05) is 0 Å². The molecule has 0 bridgehead atoms. The summed E-state index contributed by atoms with van der Waals surface area (Å²) >= 11 is 0. The molecule has 1 aromatic carbocycles. The minimum absolute atomic E-state index is 0.00735. The summed E-state index contributed by atoms with van der Waals surface area (Å²) < 4.78 is 15.0. The fourth-order valence-electron chi connectivity index (χ4n) is 2.82. The fraction of sp³-hybridized carbons (Fsp3) is 0.412. The number of hydrogen-bond acceptors (Lipinski definition) is 5. The molecule has 1 aliphatic heterocycles. The number of amides is 1. The third kappa shape index (κ3) is 3.83. The number of benzene rings is 1. The second-order valence-corrected chi connectivity index (χ2v) is 5.49. The van der Waals surface area contributed by atoms with Crippen molar-refractivity contribution < 1.29 is 23.8 Å². The van der Waals surface area contributed by atoms with Crippen LogP contribution in [0.4, 0.5) is 0 Å². The van der Waals surface area contributed by atoms with E-state index < -0.39 is 5.97 Å². The van der Waals surface area contributed by atoms with Gasteiger partial charge >= 0.3 is 5.97 Å². The maximum absolute atomic E-state index is 12.0. The Bertz CT molecular complexity index is 625. The van der Waals surface area contributed by atoms with Gasteiger partial charge in [-0.3, -0.25) is 4.79 Å². The molecule has 0 saturated carbocycles. The van der Waals surface area contributed by atoms with Crippen LogP contribution in [0.25, 0.3) is 0 Å². The van der Waals surface area contributed by atoms with Crippen LogP contribution >= 0.6 is 0 Å². The Hall–Kier alpha value is -2.50. The summed E-state index contributed by atoms with van der Waals surface area (Å²) in [4.78, 5) is 23.7. The van der Waals surface area contributed by atoms with Crippen LogP contribution < -0.4 is 5.32 Å². The van der Waals surface area contributed by atoms with E-state index in [1.807, 2.05) is 18.2 Å². The van der Waals surface area contributed by atoms with Crippen LogP contribution in [-0.2, 0) is 30.2 Å². The lowest BCUT2D eigenvalue weighted by Gasteiger charge is -2.26. The number of nitrogens with one attached hydrogen (secondary N) is 1. The minimum Gasteiger partial charge on any atom is -0.493 e. The van der Waals surface area contributed by atoms with E-state index in [4.69, 9.17) is 14.2 Å². The summed E-state index contributed by atoms with van der Waals surface area (Å²) in [5.41, 5.74) is 2.41. The van der Waals surface area contributed by atoms with E-state index in [-0.39, 0.29) is 24.3 Å². The number of carbonyl (C=O) groups excluding carboxylic acids is 2. The average Bonchev–Trinajstić information content (AvgIpc) is 2.61. The van der Waals surface area contributed by atoms with E-state index in [0.717, 1.165) is 24.8 Å². The number of rotatable bonds is 4. The van der Waals surface area contributed by atoms with Gasteiger partial charge in [0.1, 0.15) is 19.5 Å². The van der Waals surface area contributed by atoms with E-state index in [0.29, 0.717) is 13.2 Å². The van der Waals surface area contributed by atoms with Crippen molar-refractivity contribution in [2.45, 2.75) is 25.3 Å². The molecule has 0 spiro atoms. The van der Waals surface area contributed by atoms with Gasteiger partial charge in [0.25, 0.3) is 5.91 Å². The van der Waals surface area contributed by atoms with Crippen molar-refractivity contribution in [1.29, 1.82) is 0 Å². The van der Waals surface area contributed by atoms with Crippen molar-refractivity contribution in [3.8, 4) is 0 Å². The topological polar surface area (TPSA) is 73.9 Å². The first kappa shape index (κ1) is 15.4. The van der Waals surface area contributed by atoms with Crippen LogP contribution in [0.1, 0.15) is 30.0 Å². The van der Waals surface area contributed by atoms with E-state index >= 15 is 0 Å². The van der Waals surface area contributed by atoms with Crippen LogP contribution in [0.2, 0.25) is 0 Å². The summed E-state index contributed by atoms with van der Waals surface area (Å²) in [7, 11) is 0. The number of ether oxygens (including phenoxy) is 3. The van der Waals surface area contributed by atoms with Crippen molar-refractivity contribution in [2.75, 3.05) is 19.8 Å². The molecule has 1 aromatic rings. The molecule has 1 heterocycles. The molecule has 6 heteroatoms. The lowest BCUT2D eigenvalue weighted by atomic mass is 9.88. The van der Waals surface area contributed by atoms with Crippen molar-refractivity contribution in [1.82, 2.24) is 5.32 Å². The Kier molecular flexibility index (Phi) is 4.80. The highest BCUT2D eigenvalue weighted by Crippen LogP contribution is 2.29. The molecule has 0 aromatic heterocycles. The van der Waals surface area contributed by atoms with Crippen LogP contribution in [-0.4, -0.2) is 31.7 Å². The Morgan fingerprint density at radius 1 is 1.26 bits per heavy atom. The van der Waals surface area contributed by atoms with Gasteiger partial charge < -0.3 is 19.5 Å². The normalized spacial score (nSPS) is 19.5. The van der Waals surface area contributed by atoms with Gasteiger partial charge in [0.05, 0.1) is 6.04 Å². The largest absolute Gasteiger partial charge is 0.493 e. The second kappa shape index (κ2) is 7.17. The first-order chi connectivity index (χ1) is 11.2. The monoisotopic (exact) mass is 317 g/mol. The molecule has 23 heavy (non-hydrogen) atoms. The number of fused-ring (bicyclic) bond motifs is 1. The maximum Gasteiger partial charge on any atom is 0.377 e.